The Kier molecular flexibility index (Phi) is 9.13. The number of hydrogen-bond donors (Lipinski definition) is 3. The monoisotopic (exact) mass is 522 g/mol. The van der Waals surface area contributed by atoms with Crippen LogP contribution in [0.1, 0.15) is 95.7 Å². The molecule has 0 radical (unpaired) electrons. The summed E-state index contributed by atoms with van der Waals surface area (Å²) in [4.78, 5) is 2.27. The van der Waals surface area contributed by atoms with E-state index in [9.17, 15) is 15.3 Å². The molecule has 3 rings (SSSR count). The van der Waals surface area contributed by atoms with Gasteiger partial charge in [0.2, 0.25) is 0 Å². The van der Waals surface area contributed by atoms with Crippen LogP contribution in [-0.2, 0) is 16.2 Å². The zero-order chi connectivity index (χ0) is 28.5. The van der Waals surface area contributed by atoms with Crippen LogP contribution in [-0.4, -0.2) is 15.3 Å². The summed E-state index contributed by atoms with van der Waals surface area (Å²) in [6, 6.07) is 13.7. The summed E-state index contributed by atoms with van der Waals surface area (Å²) in [5, 5.41) is 30.3. The smallest absolute Gasteiger partial charge is 0.119 e. The second-order valence-corrected chi connectivity index (χ2v) is 14.2. The summed E-state index contributed by atoms with van der Waals surface area (Å²) in [7, 11) is 0. The Bertz CT molecular complexity index is 1190. The molecule has 0 bridgehead atoms. The lowest BCUT2D eigenvalue weighted by atomic mass is 9.86. The van der Waals surface area contributed by atoms with Gasteiger partial charge >= 0.3 is 0 Å². The van der Waals surface area contributed by atoms with Crippen LogP contribution < -0.4 is 0 Å². The van der Waals surface area contributed by atoms with Gasteiger partial charge in [0.25, 0.3) is 0 Å². The van der Waals surface area contributed by atoms with Crippen LogP contribution >= 0.6 is 11.8 Å². The SMILES string of the molecule is Cc1cc(O)c(C(C)(C)C)cc1Sc1cc(C(C)(C)C)c(O)cc1C.Cc1ccc(C(C)(C)C)c(O)c1. The lowest BCUT2D eigenvalue weighted by Gasteiger charge is -2.24. The van der Waals surface area contributed by atoms with Gasteiger partial charge in [-0.1, -0.05) is 86.2 Å². The summed E-state index contributed by atoms with van der Waals surface area (Å²) in [6.07, 6.45) is 0. The Hall–Kier alpha value is -2.59. The molecule has 0 unspecified atom stereocenters. The van der Waals surface area contributed by atoms with Gasteiger partial charge < -0.3 is 15.3 Å². The van der Waals surface area contributed by atoms with Gasteiger partial charge in [0.05, 0.1) is 0 Å². The van der Waals surface area contributed by atoms with E-state index in [1.54, 1.807) is 17.8 Å². The molecule has 3 aromatic rings. The Morgan fingerprint density at radius 1 is 0.486 bits per heavy atom. The Morgan fingerprint density at radius 3 is 1.16 bits per heavy atom. The van der Waals surface area contributed by atoms with Crippen molar-refractivity contribution < 1.29 is 15.3 Å². The van der Waals surface area contributed by atoms with E-state index in [0.29, 0.717) is 17.2 Å². The van der Waals surface area contributed by atoms with Gasteiger partial charge in [0, 0.05) is 20.9 Å². The first-order chi connectivity index (χ1) is 16.7. The van der Waals surface area contributed by atoms with Crippen LogP contribution in [0.2, 0.25) is 0 Å². The van der Waals surface area contributed by atoms with Crippen molar-refractivity contribution in [2.75, 3.05) is 0 Å². The van der Waals surface area contributed by atoms with Gasteiger partial charge in [-0.2, -0.15) is 0 Å². The highest BCUT2D eigenvalue weighted by atomic mass is 32.2. The average molecular weight is 523 g/mol. The molecule has 0 amide bonds. The zero-order valence-corrected chi connectivity index (χ0v) is 25.6. The highest BCUT2D eigenvalue weighted by Crippen LogP contribution is 2.42. The molecule has 0 aliphatic rings. The number of phenolic OH excluding ortho intramolecular Hbond substituents is 3. The third-order valence-electron chi connectivity index (χ3n) is 6.38. The highest BCUT2D eigenvalue weighted by molar-refractivity contribution is 7.99. The quantitative estimate of drug-likeness (QED) is 0.314. The fourth-order valence-electron chi connectivity index (χ4n) is 4.16. The van der Waals surface area contributed by atoms with E-state index in [-0.39, 0.29) is 16.2 Å². The summed E-state index contributed by atoms with van der Waals surface area (Å²) in [5.41, 5.74) is 5.91. The van der Waals surface area contributed by atoms with Gasteiger partial charge in [-0.3, -0.25) is 0 Å². The molecule has 0 aromatic heterocycles. The Labute approximate surface area is 229 Å². The van der Waals surface area contributed by atoms with Crippen LogP contribution in [0, 0.1) is 20.8 Å². The number of phenols is 3. The summed E-state index contributed by atoms with van der Waals surface area (Å²) >= 11 is 1.70. The maximum atomic E-state index is 10.3. The maximum absolute atomic E-state index is 10.3. The molecule has 3 N–H and O–H groups in total. The van der Waals surface area contributed by atoms with E-state index < -0.39 is 0 Å². The second-order valence-electron chi connectivity index (χ2n) is 13.1. The van der Waals surface area contributed by atoms with Crippen molar-refractivity contribution in [3.63, 3.8) is 0 Å². The average Bonchev–Trinajstić information content (AvgIpc) is 2.69. The predicted molar refractivity (Wildman–Crippen MR) is 159 cm³/mol. The van der Waals surface area contributed by atoms with E-state index >= 15 is 0 Å². The van der Waals surface area contributed by atoms with Crippen molar-refractivity contribution in [1.82, 2.24) is 0 Å². The molecule has 4 heteroatoms. The lowest BCUT2D eigenvalue weighted by molar-refractivity contribution is 0.444. The van der Waals surface area contributed by atoms with Crippen molar-refractivity contribution in [1.29, 1.82) is 0 Å². The van der Waals surface area contributed by atoms with Crippen LogP contribution in [0.15, 0.2) is 52.3 Å². The number of benzene rings is 3. The first-order valence-electron chi connectivity index (χ1n) is 12.9. The fourth-order valence-corrected chi connectivity index (χ4v) is 5.19. The fraction of sp³-hybridized carbons (Fsp3) is 0.455. The van der Waals surface area contributed by atoms with Crippen LogP contribution in [0.5, 0.6) is 17.2 Å². The summed E-state index contributed by atoms with van der Waals surface area (Å²) in [5.74, 6) is 1.11. The Morgan fingerprint density at radius 2 is 0.838 bits per heavy atom. The summed E-state index contributed by atoms with van der Waals surface area (Å²) < 4.78 is 0. The van der Waals surface area contributed by atoms with Crippen molar-refractivity contribution in [3.8, 4) is 17.2 Å². The molecule has 0 spiro atoms. The van der Waals surface area contributed by atoms with E-state index in [0.717, 1.165) is 43.2 Å². The van der Waals surface area contributed by atoms with Gasteiger partial charge in [0.15, 0.2) is 0 Å². The standard InChI is InChI=1S/C22H30O2S.C11H16O/c1-13-9-17(23)15(21(3,4)5)11-19(13)25-20-12-16(22(6,7)8)18(24)10-14(20)2;1-8-5-6-9(10(12)7-8)11(2,3)4/h9-12,23-24H,1-8H3;5-7,12H,1-4H3. The number of rotatable bonds is 2. The second kappa shape index (κ2) is 11.0. The predicted octanol–water partition coefficient (Wildman–Crippen LogP) is 9.46. The zero-order valence-electron chi connectivity index (χ0n) is 24.8. The molecule has 0 fully saturated rings. The molecule has 202 valence electrons. The van der Waals surface area contributed by atoms with Crippen LogP contribution in [0.3, 0.4) is 0 Å². The molecule has 0 heterocycles. The van der Waals surface area contributed by atoms with Gasteiger partial charge in [-0.25, -0.2) is 0 Å². The number of aromatic hydroxyl groups is 3. The van der Waals surface area contributed by atoms with Gasteiger partial charge in [0.1, 0.15) is 17.2 Å². The minimum absolute atomic E-state index is 0.0256. The maximum Gasteiger partial charge on any atom is 0.119 e. The minimum atomic E-state index is -0.117. The van der Waals surface area contributed by atoms with Crippen LogP contribution in [0.25, 0.3) is 0 Å². The first-order valence-corrected chi connectivity index (χ1v) is 13.7. The molecule has 0 saturated carbocycles. The minimum Gasteiger partial charge on any atom is -0.508 e. The third kappa shape index (κ3) is 7.95. The summed E-state index contributed by atoms with van der Waals surface area (Å²) in [6.45, 7) is 24.9. The van der Waals surface area contributed by atoms with Gasteiger partial charge in [-0.05, 0) is 89.6 Å². The largest absolute Gasteiger partial charge is 0.508 e. The molecule has 3 aromatic carbocycles. The normalized spacial score (nSPS) is 12.2. The Balaban J connectivity index is 0.000000335. The molecule has 37 heavy (non-hydrogen) atoms. The number of hydrogen-bond acceptors (Lipinski definition) is 4. The lowest BCUT2D eigenvalue weighted by Crippen LogP contribution is -2.12. The molecular weight excluding hydrogens is 476 g/mol. The molecular formula is C33H46O3S. The molecule has 0 aliphatic carbocycles. The van der Waals surface area contributed by atoms with Crippen LogP contribution in [0.4, 0.5) is 0 Å². The van der Waals surface area contributed by atoms with Crippen molar-refractivity contribution >= 4 is 11.8 Å². The molecule has 0 aliphatic heterocycles. The van der Waals surface area contributed by atoms with E-state index in [4.69, 9.17) is 0 Å². The molecule has 0 atom stereocenters. The van der Waals surface area contributed by atoms with E-state index in [1.807, 2.05) is 45.0 Å². The molecule has 3 nitrogen and oxygen atoms in total. The van der Waals surface area contributed by atoms with Gasteiger partial charge in [-0.15, -0.1) is 0 Å². The van der Waals surface area contributed by atoms with E-state index in [2.05, 4.69) is 74.4 Å². The van der Waals surface area contributed by atoms with E-state index in [1.165, 1.54) is 0 Å². The first kappa shape index (κ1) is 30.6. The third-order valence-corrected chi connectivity index (χ3v) is 7.70. The topological polar surface area (TPSA) is 60.7 Å². The van der Waals surface area contributed by atoms with Crippen molar-refractivity contribution in [2.45, 2.75) is 109 Å². The highest BCUT2D eigenvalue weighted by Gasteiger charge is 2.22. The number of aryl methyl sites for hydroxylation is 3. The van der Waals surface area contributed by atoms with Crippen molar-refractivity contribution in [3.05, 3.63) is 75.8 Å². The molecule has 0 saturated heterocycles. The van der Waals surface area contributed by atoms with Crippen molar-refractivity contribution in [2.24, 2.45) is 0 Å².